The molecule has 3 aromatic heterocycles. The molecule has 4 aromatic rings. The molecule has 0 aliphatic heterocycles. The molecule has 1 aliphatic carbocycles. The number of nitrogens with one attached hydrogen (secondary N) is 2. The van der Waals surface area contributed by atoms with Crippen LogP contribution in [0.1, 0.15) is 61.5 Å². The molecule has 1 saturated carbocycles. The highest BCUT2D eigenvalue weighted by Crippen LogP contribution is 2.40. The second-order valence-electron chi connectivity index (χ2n) is 10.8. The normalized spacial score (nSPS) is 15.4. The first-order valence-electron chi connectivity index (χ1n) is 12.0. The second kappa shape index (κ2) is 9.05. The molecule has 2 N–H and O–H groups in total. The lowest BCUT2D eigenvalue weighted by Crippen LogP contribution is -2.37. The summed E-state index contributed by atoms with van der Waals surface area (Å²) in [5, 5.41) is 27.2. The van der Waals surface area contributed by atoms with Crippen LogP contribution in [0, 0.1) is 23.7 Å². The molecule has 1 fully saturated rings. The number of rotatable bonds is 7. The summed E-state index contributed by atoms with van der Waals surface area (Å²) in [6.45, 7) is 9.13. The van der Waals surface area contributed by atoms with E-state index < -0.39 is 5.44 Å². The largest absolute Gasteiger partial charge is 0.383 e. The fourth-order valence-electron chi connectivity index (χ4n) is 4.29. The van der Waals surface area contributed by atoms with Crippen molar-refractivity contribution in [2.75, 3.05) is 17.2 Å². The number of hydrogen-bond acceptors (Lipinski definition) is 8. The van der Waals surface area contributed by atoms with E-state index in [1.807, 2.05) is 35.4 Å². The van der Waals surface area contributed by atoms with Gasteiger partial charge in [-0.2, -0.15) is 5.26 Å². The van der Waals surface area contributed by atoms with Crippen LogP contribution >= 0.6 is 22.9 Å². The van der Waals surface area contributed by atoms with E-state index >= 15 is 0 Å². The Balaban J connectivity index is 1.62. The Labute approximate surface area is 220 Å². The van der Waals surface area contributed by atoms with Crippen molar-refractivity contribution in [1.82, 2.24) is 25.0 Å². The monoisotopic (exact) mass is 518 g/mol. The van der Waals surface area contributed by atoms with Gasteiger partial charge in [0.2, 0.25) is 0 Å². The fourth-order valence-corrected chi connectivity index (χ4v) is 5.49. The van der Waals surface area contributed by atoms with Gasteiger partial charge in [-0.3, -0.25) is 4.98 Å². The Bertz CT molecular complexity index is 1480. The first-order chi connectivity index (χ1) is 17.1. The van der Waals surface area contributed by atoms with Crippen molar-refractivity contribution >= 4 is 53.1 Å². The number of nitrogens with zero attached hydrogens (tertiary/aromatic N) is 6. The van der Waals surface area contributed by atoms with Crippen molar-refractivity contribution in [2.24, 2.45) is 5.41 Å². The molecule has 11 heteroatoms. The molecule has 8 nitrogen and oxygen atoms in total. The highest BCUT2D eigenvalue weighted by molar-refractivity contribution is 7.10. The second-order valence-corrected chi connectivity index (χ2v) is 12.0. The van der Waals surface area contributed by atoms with Crippen LogP contribution in [-0.2, 0) is 5.44 Å². The van der Waals surface area contributed by atoms with Gasteiger partial charge in [-0.15, -0.1) is 16.4 Å². The summed E-state index contributed by atoms with van der Waals surface area (Å²) in [4.78, 5) is 10.0. The number of pyridine rings is 1. The Morgan fingerprint density at radius 1 is 1.28 bits per heavy atom. The first kappa shape index (κ1) is 24.5. The van der Waals surface area contributed by atoms with Crippen LogP contribution in [0.3, 0.4) is 0 Å². The van der Waals surface area contributed by atoms with E-state index in [1.165, 1.54) is 0 Å². The van der Waals surface area contributed by atoms with Gasteiger partial charge in [-0.05, 0) is 37.3 Å². The lowest BCUT2D eigenvalue weighted by molar-refractivity contribution is 0.443. The molecule has 3 heterocycles. The minimum atomic E-state index is -0.686. The Morgan fingerprint density at radius 2 is 2.06 bits per heavy atom. The topological polar surface area (TPSA) is 104 Å². The van der Waals surface area contributed by atoms with Gasteiger partial charge < -0.3 is 10.6 Å². The molecule has 1 aliphatic rings. The number of anilines is 2. The van der Waals surface area contributed by atoms with Crippen molar-refractivity contribution in [3.63, 3.8) is 0 Å². The van der Waals surface area contributed by atoms with E-state index in [1.54, 1.807) is 17.5 Å². The molecule has 0 radical (unpaired) electrons. The lowest BCUT2D eigenvalue weighted by atomic mass is 9.73. The van der Waals surface area contributed by atoms with Crippen molar-refractivity contribution in [1.29, 1.82) is 5.26 Å². The number of nitriles is 1. The highest BCUT2D eigenvalue weighted by Gasteiger charge is 2.37. The van der Waals surface area contributed by atoms with Crippen molar-refractivity contribution < 1.29 is 0 Å². The summed E-state index contributed by atoms with van der Waals surface area (Å²) in [5.74, 6) is 0. The molecule has 0 amide bonds. The standard InChI is InChI=1S/C25H28BClN8S/c1-14-23(36-13-31-14)25(26,20-11-35(34-33-20)17-5-6-17)32-16-7-18-21(30-12-24(2,3)4)15(9-28)10-29-22(18)19(27)8-16/h7-8,10-11,13,17,32H,5-6,12,26H2,1-4H3,(H,29,30)/t25-/m1/s1. The van der Waals surface area contributed by atoms with Crippen LogP contribution in [-0.4, -0.2) is 39.4 Å². The van der Waals surface area contributed by atoms with Crippen LogP contribution in [0.2, 0.25) is 5.02 Å². The van der Waals surface area contributed by atoms with Gasteiger partial charge in [0.05, 0.1) is 50.7 Å². The Hall–Kier alpha value is -3.16. The zero-order valence-electron chi connectivity index (χ0n) is 21.1. The first-order valence-corrected chi connectivity index (χ1v) is 13.2. The SMILES string of the molecule is B[C@@](Nc1cc(Cl)c2ncc(C#N)c(NCC(C)(C)C)c2c1)(c1cn(C2CC2)nn1)c1scnc1C. The van der Waals surface area contributed by atoms with Crippen molar-refractivity contribution in [3.8, 4) is 6.07 Å². The third kappa shape index (κ3) is 4.65. The Morgan fingerprint density at radius 3 is 2.69 bits per heavy atom. The van der Waals surface area contributed by atoms with Gasteiger partial charge in [0.15, 0.2) is 0 Å². The molecular formula is C25H28BClN8S. The molecule has 36 heavy (non-hydrogen) atoms. The van der Waals surface area contributed by atoms with Gasteiger partial charge in [0.25, 0.3) is 0 Å². The number of thiazole rings is 1. The summed E-state index contributed by atoms with van der Waals surface area (Å²) in [6.07, 6.45) is 5.86. The van der Waals surface area contributed by atoms with E-state index in [0.717, 1.165) is 45.9 Å². The maximum atomic E-state index is 9.79. The van der Waals surface area contributed by atoms with E-state index in [-0.39, 0.29) is 5.41 Å². The summed E-state index contributed by atoms with van der Waals surface area (Å²) >= 11 is 8.33. The van der Waals surface area contributed by atoms with Gasteiger partial charge in [-0.1, -0.05) is 37.6 Å². The smallest absolute Gasteiger partial charge is 0.149 e. The van der Waals surface area contributed by atoms with Crippen LogP contribution in [0.4, 0.5) is 11.4 Å². The molecule has 5 rings (SSSR count). The summed E-state index contributed by atoms with van der Waals surface area (Å²) in [5.41, 5.74) is 5.59. The minimum Gasteiger partial charge on any atom is -0.383 e. The average molecular weight is 519 g/mol. The molecular weight excluding hydrogens is 491 g/mol. The average Bonchev–Trinajstić information content (AvgIpc) is 3.37. The number of benzene rings is 1. The molecule has 0 saturated heterocycles. The summed E-state index contributed by atoms with van der Waals surface area (Å²) < 4.78 is 1.95. The molecule has 0 bridgehead atoms. The lowest BCUT2D eigenvalue weighted by Gasteiger charge is -2.30. The number of hydrogen-bond donors (Lipinski definition) is 2. The van der Waals surface area contributed by atoms with E-state index in [0.29, 0.717) is 28.7 Å². The van der Waals surface area contributed by atoms with Crippen LogP contribution in [0.25, 0.3) is 10.9 Å². The van der Waals surface area contributed by atoms with Gasteiger partial charge in [0, 0.05) is 28.7 Å². The van der Waals surface area contributed by atoms with Gasteiger partial charge in [0.1, 0.15) is 19.6 Å². The number of fused-ring (bicyclic) bond motifs is 1. The van der Waals surface area contributed by atoms with Gasteiger partial charge in [-0.25, -0.2) is 9.67 Å². The minimum absolute atomic E-state index is 0.0254. The fraction of sp³-hybridized carbons (Fsp3) is 0.400. The maximum Gasteiger partial charge on any atom is 0.149 e. The van der Waals surface area contributed by atoms with E-state index in [2.05, 4.69) is 65.6 Å². The summed E-state index contributed by atoms with van der Waals surface area (Å²) in [6, 6.07) is 6.57. The predicted octanol–water partition coefficient (Wildman–Crippen LogP) is 4.86. The Kier molecular flexibility index (Phi) is 6.17. The molecule has 0 spiro atoms. The van der Waals surface area contributed by atoms with Crippen molar-refractivity contribution in [2.45, 2.75) is 52.0 Å². The van der Waals surface area contributed by atoms with Gasteiger partial charge >= 0.3 is 0 Å². The number of aryl methyl sites for hydroxylation is 1. The molecule has 1 aromatic carbocycles. The van der Waals surface area contributed by atoms with E-state index in [9.17, 15) is 5.26 Å². The molecule has 0 unspecified atom stereocenters. The zero-order chi connectivity index (χ0) is 25.7. The quantitative estimate of drug-likeness (QED) is 0.337. The summed E-state index contributed by atoms with van der Waals surface area (Å²) in [7, 11) is 2.09. The molecule has 184 valence electrons. The third-order valence-corrected chi connectivity index (χ3v) is 7.82. The predicted molar refractivity (Wildman–Crippen MR) is 148 cm³/mol. The maximum absolute atomic E-state index is 9.79. The number of halogens is 1. The van der Waals surface area contributed by atoms with Crippen LogP contribution in [0.5, 0.6) is 0 Å². The highest BCUT2D eigenvalue weighted by atomic mass is 35.5. The van der Waals surface area contributed by atoms with Crippen LogP contribution in [0.15, 0.2) is 30.0 Å². The third-order valence-electron chi connectivity index (χ3n) is 6.38. The van der Waals surface area contributed by atoms with Crippen molar-refractivity contribution in [3.05, 3.63) is 56.9 Å². The van der Waals surface area contributed by atoms with Crippen LogP contribution < -0.4 is 10.6 Å². The molecule has 1 atom stereocenters. The van der Waals surface area contributed by atoms with E-state index in [4.69, 9.17) is 11.6 Å². The number of aromatic nitrogens is 5. The zero-order valence-corrected chi connectivity index (χ0v) is 22.6.